The lowest BCUT2D eigenvalue weighted by Gasteiger charge is -2.21. The molecule has 20 heavy (non-hydrogen) atoms. The largest absolute Gasteiger partial charge is 0.478 e. The number of benzene rings is 2. The fourth-order valence-electron chi connectivity index (χ4n) is 2.03. The van der Waals surface area contributed by atoms with Crippen molar-refractivity contribution in [3.8, 4) is 0 Å². The standard InChI is InChI=1S/C15H15FN2O2/c1-18(9-10-4-2-3-5-13(10)16)14-7-6-11(17)8-12(14)15(19)20/h2-8H,9,17H2,1H3,(H,19,20). The molecular formula is C15H15FN2O2. The third-order valence-corrected chi connectivity index (χ3v) is 3.03. The molecule has 0 spiro atoms. The Morgan fingerprint density at radius 1 is 1.30 bits per heavy atom. The summed E-state index contributed by atoms with van der Waals surface area (Å²) in [5.41, 5.74) is 7.08. The van der Waals surface area contributed by atoms with Crippen LogP contribution in [0.1, 0.15) is 15.9 Å². The van der Waals surface area contributed by atoms with Crippen LogP contribution in [0.25, 0.3) is 0 Å². The molecule has 3 N–H and O–H groups in total. The van der Waals surface area contributed by atoms with Gasteiger partial charge in [0.15, 0.2) is 0 Å². The summed E-state index contributed by atoms with van der Waals surface area (Å²) < 4.78 is 13.6. The van der Waals surface area contributed by atoms with Crippen LogP contribution in [0, 0.1) is 5.82 Å². The zero-order chi connectivity index (χ0) is 14.7. The summed E-state index contributed by atoms with van der Waals surface area (Å²) in [6.07, 6.45) is 0. The molecule has 2 aromatic rings. The van der Waals surface area contributed by atoms with Crippen LogP contribution < -0.4 is 10.6 Å². The van der Waals surface area contributed by atoms with Crippen LogP contribution in [0.5, 0.6) is 0 Å². The van der Waals surface area contributed by atoms with Gasteiger partial charge in [-0.2, -0.15) is 0 Å². The first-order valence-corrected chi connectivity index (χ1v) is 6.06. The van der Waals surface area contributed by atoms with Crippen LogP contribution >= 0.6 is 0 Å². The highest BCUT2D eigenvalue weighted by atomic mass is 19.1. The lowest BCUT2D eigenvalue weighted by atomic mass is 10.1. The SMILES string of the molecule is CN(Cc1ccccc1F)c1ccc(N)cc1C(=O)O. The highest BCUT2D eigenvalue weighted by Gasteiger charge is 2.15. The fraction of sp³-hybridized carbons (Fsp3) is 0.133. The molecule has 0 atom stereocenters. The van der Waals surface area contributed by atoms with Crippen molar-refractivity contribution in [2.45, 2.75) is 6.54 Å². The number of nitrogen functional groups attached to an aromatic ring is 1. The van der Waals surface area contributed by atoms with E-state index in [1.54, 1.807) is 42.3 Å². The average Bonchev–Trinajstić information content (AvgIpc) is 2.41. The second-order valence-electron chi connectivity index (χ2n) is 4.53. The van der Waals surface area contributed by atoms with Gasteiger partial charge < -0.3 is 15.7 Å². The van der Waals surface area contributed by atoms with Crippen LogP contribution in [0.4, 0.5) is 15.8 Å². The van der Waals surface area contributed by atoms with E-state index >= 15 is 0 Å². The molecule has 0 heterocycles. The zero-order valence-electron chi connectivity index (χ0n) is 11.0. The van der Waals surface area contributed by atoms with Crippen LogP contribution in [-0.2, 0) is 6.54 Å². The molecule has 0 aliphatic heterocycles. The first kappa shape index (κ1) is 13.9. The summed E-state index contributed by atoms with van der Waals surface area (Å²) >= 11 is 0. The van der Waals surface area contributed by atoms with Gasteiger partial charge in [0, 0.05) is 24.8 Å². The first-order chi connectivity index (χ1) is 9.49. The number of aromatic carboxylic acids is 1. The number of halogens is 1. The quantitative estimate of drug-likeness (QED) is 0.841. The second kappa shape index (κ2) is 5.61. The van der Waals surface area contributed by atoms with Crippen LogP contribution in [0.15, 0.2) is 42.5 Å². The van der Waals surface area contributed by atoms with Gasteiger partial charge in [-0.1, -0.05) is 18.2 Å². The van der Waals surface area contributed by atoms with Gasteiger partial charge in [0.2, 0.25) is 0 Å². The molecule has 2 rings (SSSR count). The average molecular weight is 274 g/mol. The minimum Gasteiger partial charge on any atom is -0.478 e. The molecule has 2 aromatic carbocycles. The van der Waals surface area contributed by atoms with Gasteiger partial charge in [0.25, 0.3) is 0 Å². The van der Waals surface area contributed by atoms with Crippen molar-refractivity contribution in [2.24, 2.45) is 0 Å². The molecule has 0 radical (unpaired) electrons. The number of hydrogen-bond acceptors (Lipinski definition) is 3. The van der Waals surface area contributed by atoms with Gasteiger partial charge in [0.1, 0.15) is 5.82 Å². The van der Waals surface area contributed by atoms with Crippen molar-refractivity contribution >= 4 is 17.3 Å². The molecule has 0 saturated heterocycles. The summed E-state index contributed by atoms with van der Waals surface area (Å²) in [5, 5.41) is 9.20. The maximum Gasteiger partial charge on any atom is 0.337 e. The Balaban J connectivity index is 2.32. The van der Waals surface area contributed by atoms with Gasteiger partial charge in [0.05, 0.1) is 11.3 Å². The van der Waals surface area contributed by atoms with Crippen molar-refractivity contribution in [2.75, 3.05) is 17.7 Å². The number of carboxylic acids is 1. The molecule has 0 fully saturated rings. The molecule has 0 bridgehead atoms. The number of nitrogens with two attached hydrogens (primary N) is 1. The number of carbonyl (C=O) groups is 1. The predicted molar refractivity (Wildman–Crippen MR) is 76.3 cm³/mol. The van der Waals surface area contributed by atoms with E-state index in [1.165, 1.54) is 12.1 Å². The van der Waals surface area contributed by atoms with Crippen LogP contribution in [0.2, 0.25) is 0 Å². The number of anilines is 2. The van der Waals surface area contributed by atoms with Gasteiger partial charge in [-0.25, -0.2) is 9.18 Å². The lowest BCUT2D eigenvalue weighted by Crippen LogP contribution is -2.20. The Kier molecular flexibility index (Phi) is 3.89. The maximum atomic E-state index is 13.6. The van der Waals surface area contributed by atoms with Crippen molar-refractivity contribution in [1.82, 2.24) is 0 Å². The summed E-state index contributed by atoms with van der Waals surface area (Å²) in [6.45, 7) is 0.275. The van der Waals surface area contributed by atoms with E-state index in [0.717, 1.165) is 0 Å². The maximum absolute atomic E-state index is 13.6. The molecular weight excluding hydrogens is 259 g/mol. The van der Waals surface area contributed by atoms with Gasteiger partial charge in [-0.05, 0) is 24.3 Å². The van der Waals surface area contributed by atoms with Crippen LogP contribution in [-0.4, -0.2) is 18.1 Å². The smallest absolute Gasteiger partial charge is 0.337 e. The molecule has 0 aliphatic carbocycles. The topological polar surface area (TPSA) is 66.6 Å². The van der Waals surface area contributed by atoms with Crippen LogP contribution in [0.3, 0.4) is 0 Å². The normalized spacial score (nSPS) is 10.3. The number of hydrogen-bond donors (Lipinski definition) is 2. The lowest BCUT2D eigenvalue weighted by molar-refractivity contribution is 0.0697. The monoisotopic (exact) mass is 274 g/mol. The van der Waals surface area contributed by atoms with Crippen molar-refractivity contribution in [1.29, 1.82) is 0 Å². The third-order valence-electron chi connectivity index (χ3n) is 3.03. The second-order valence-corrected chi connectivity index (χ2v) is 4.53. The van der Waals surface area contributed by atoms with Gasteiger partial charge >= 0.3 is 5.97 Å². The van der Waals surface area contributed by atoms with E-state index in [-0.39, 0.29) is 17.9 Å². The fourth-order valence-corrected chi connectivity index (χ4v) is 2.03. The van der Waals surface area contributed by atoms with Crippen molar-refractivity contribution < 1.29 is 14.3 Å². The summed E-state index contributed by atoms with van der Waals surface area (Å²) in [6, 6.07) is 11.1. The molecule has 0 aliphatic rings. The summed E-state index contributed by atoms with van der Waals surface area (Å²) in [5.74, 6) is -1.38. The van der Waals surface area contributed by atoms with Crippen molar-refractivity contribution in [3.05, 3.63) is 59.4 Å². The summed E-state index contributed by atoms with van der Waals surface area (Å²) in [7, 11) is 1.71. The minimum absolute atomic E-state index is 0.101. The Hall–Kier alpha value is -2.56. The molecule has 5 heteroatoms. The van der Waals surface area contributed by atoms with E-state index in [4.69, 9.17) is 5.73 Å². The first-order valence-electron chi connectivity index (χ1n) is 6.06. The highest BCUT2D eigenvalue weighted by molar-refractivity contribution is 5.95. The number of rotatable bonds is 4. The molecule has 0 amide bonds. The Labute approximate surface area is 116 Å². The molecule has 0 saturated carbocycles. The van der Waals surface area contributed by atoms with Gasteiger partial charge in [-0.3, -0.25) is 0 Å². The molecule has 0 aromatic heterocycles. The Morgan fingerprint density at radius 3 is 2.65 bits per heavy atom. The molecule has 4 nitrogen and oxygen atoms in total. The van der Waals surface area contributed by atoms with Gasteiger partial charge in [-0.15, -0.1) is 0 Å². The molecule has 104 valence electrons. The van der Waals surface area contributed by atoms with E-state index in [9.17, 15) is 14.3 Å². The Morgan fingerprint density at radius 2 is 2.00 bits per heavy atom. The van der Waals surface area contributed by atoms with Crippen molar-refractivity contribution in [3.63, 3.8) is 0 Å². The number of nitrogens with zero attached hydrogens (tertiary/aromatic N) is 1. The van der Waals surface area contributed by atoms with E-state index < -0.39 is 5.97 Å². The minimum atomic E-state index is -1.06. The van der Waals surface area contributed by atoms with E-state index in [0.29, 0.717) is 16.9 Å². The zero-order valence-corrected chi connectivity index (χ0v) is 11.0. The highest BCUT2D eigenvalue weighted by Crippen LogP contribution is 2.24. The van der Waals surface area contributed by atoms with E-state index in [2.05, 4.69) is 0 Å². The predicted octanol–water partition coefficient (Wildman–Crippen LogP) is 2.74. The summed E-state index contributed by atoms with van der Waals surface area (Å²) in [4.78, 5) is 12.9. The Bertz CT molecular complexity index is 644. The van der Waals surface area contributed by atoms with E-state index in [1.807, 2.05) is 0 Å². The number of carboxylic acid groups (broad SMARTS) is 1. The molecule has 0 unspecified atom stereocenters. The third kappa shape index (κ3) is 2.88.